The number of hydrogen-bond donors (Lipinski definition) is 1. The lowest BCUT2D eigenvalue weighted by Gasteiger charge is -2.21. The van der Waals surface area contributed by atoms with Crippen LogP contribution in [0.3, 0.4) is 0 Å². The molecule has 0 atom stereocenters. The van der Waals surface area contributed by atoms with Gasteiger partial charge in [0.25, 0.3) is 0 Å². The van der Waals surface area contributed by atoms with E-state index in [9.17, 15) is 16.8 Å². The van der Waals surface area contributed by atoms with Gasteiger partial charge in [0.15, 0.2) is 0 Å². The molecule has 140 valence electrons. The van der Waals surface area contributed by atoms with Gasteiger partial charge in [-0.05, 0) is 29.2 Å². The van der Waals surface area contributed by atoms with Gasteiger partial charge >= 0.3 is 0 Å². The zero-order valence-corrected chi connectivity index (χ0v) is 16.2. The Kier molecular flexibility index (Phi) is 5.47. The number of sulfonamides is 2. The van der Waals surface area contributed by atoms with E-state index in [-0.39, 0.29) is 31.1 Å². The third-order valence-electron chi connectivity index (χ3n) is 4.47. The number of rotatable bonds is 6. The van der Waals surface area contributed by atoms with Gasteiger partial charge in [0.2, 0.25) is 20.0 Å². The first kappa shape index (κ1) is 19.0. The number of benzene rings is 2. The van der Waals surface area contributed by atoms with Crippen LogP contribution in [0, 0.1) is 0 Å². The first-order valence-corrected chi connectivity index (χ1v) is 11.7. The maximum Gasteiger partial charge on any atom is 0.216 e. The molecule has 8 heteroatoms. The summed E-state index contributed by atoms with van der Waals surface area (Å²) in [6, 6.07) is 15.5. The van der Waals surface area contributed by atoms with Crippen LogP contribution in [0.5, 0.6) is 0 Å². The van der Waals surface area contributed by atoms with Crippen molar-refractivity contribution in [3.63, 3.8) is 0 Å². The second-order valence-electron chi connectivity index (χ2n) is 6.20. The van der Waals surface area contributed by atoms with Crippen LogP contribution in [-0.2, 0) is 33.1 Å². The zero-order valence-electron chi connectivity index (χ0n) is 14.6. The van der Waals surface area contributed by atoms with Crippen LogP contribution in [-0.4, -0.2) is 39.2 Å². The van der Waals surface area contributed by atoms with Crippen LogP contribution in [0.1, 0.15) is 18.1 Å². The quantitative estimate of drug-likeness (QED) is 0.812. The molecule has 0 aliphatic carbocycles. The Bertz CT molecular complexity index is 954. The summed E-state index contributed by atoms with van der Waals surface area (Å²) in [5.41, 5.74) is 3.95. The smallest absolute Gasteiger partial charge is 0.214 e. The molecule has 0 aromatic heterocycles. The van der Waals surface area contributed by atoms with E-state index in [1.54, 1.807) is 0 Å². The van der Waals surface area contributed by atoms with Gasteiger partial charge in [0.1, 0.15) is 0 Å². The summed E-state index contributed by atoms with van der Waals surface area (Å²) in [6.07, 6.45) is 0. The molecule has 3 rings (SSSR count). The topological polar surface area (TPSA) is 83.5 Å². The zero-order chi connectivity index (χ0) is 18.8. The standard InChI is InChI=1S/C18H22N2O4S2/c1-2-25(21,22)19-11-12-26(23,24)20-13-15-7-3-5-9-17(15)18-10-6-4-8-16(18)14-20/h3-10,19H,2,11-14H2,1H3. The van der Waals surface area contributed by atoms with Gasteiger partial charge in [-0.3, -0.25) is 0 Å². The largest absolute Gasteiger partial charge is 0.216 e. The third kappa shape index (κ3) is 4.15. The molecule has 26 heavy (non-hydrogen) atoms. The molecule has 1 aliphatic heterocycles. The van der Waals surface area contributed by atoms with Crippen molar-refractivity contribution in [3.05, 3.63) is 59.7 Å². The van der Waals surface area contributed by atoms with Crippen LogP contribution < -0.4 is 4.72 Å². The van der Waals surface area contributed by atoms with Crippen LogP contribution in [0.2, 0.25) is 0 Å². The highest BCUT2D eigenvalue weighted by Gasteiger charge is 2.27. The van der Waals surface area contributed by atoms with Crippen molar-refractivity contribution in [2.75, 3.05) is 18.1 Å². The van der Waals surface area contributed by atoms with E-state index >= 15 is 0 Å². The SMILES string of the molecule is CCS(=O)(=O)NCCS(=O)(=O)N1Cc2ccccc2-c2ccccc2C1. The maximum absolute atomic E-state index is 12.8. The van der Waals surface area contributed by atoms with Crippen LogP contribution >= 0.6 is 0 Å². The lowest BCUT2D eigenvalue weighted by molar-refractivity contribution is 0.405. The van der Waals surface area contributed by atoms with E-state index in [1.807, 2.05) is 48.5 Å². The summed E-state index contributed by atoms with van der Waals surface area (Å²) in [7, 11) is -7.03. The summed E-state index contributed by atoms with van der Waals surface area (Å²) in [5, 5.41) is 0. The minimum absolute atomic E-state index is 0.0719. The van der Waals surface area contributed by atoms with Crippen molar-refractivity contribution in [2.45, 2.75) is 20.0 Å². The first-order chi connectivity index (χ1) is 12.3. The minimum atomic E-state index is -3.62. The Hall–Kier alpha value is -1.74. The maximum atomic E-state index is 12.8. The number of nitrogens with zero attached hydrogens (tertiary/aromatic N) is 1. The van der Waals surface area contributed by atoms with Crippen LogP contribution in [0.15, 0.2) is 48.5 Å². The summed E-state index contributed by atoms with van der Waals surface area (Å²) in [6.45, 7) is 1.93. The molecule has 0 radical (unpaired) electrons. The Morgan fingerprint density at radius 2 is 1.38 bits per heavy atom. The predicted octanol–water partition coefficient (Wildman–Crippen LogP) is 1.94. The molecule has 0 saturated carbocycles. The van der Waals surface area contributed by atoms with E-state index < -0.39 is 20.0 Å². The second kappa shape index (κ2) is 7.48. The van der Waals surface area contributed by atoms with Crippen molar-refractivity contribution in [2.24, 2.45) is 0 Å². The van der Waals surface area contributed by atoms with E-state index in [2.05, 4.69) is 4.72 Å². The fraction of sp³-hybridized carbons (Fsp3) is 0.333. The highest BCUT2D eigenvalue weighted by Crippen LogP contribution is 2.33. The average molecular weight is 395 g/mol. The van der Waals surface area contributed by atoms with E-state index in [0.29, 0.717) is 0 Å². The number of fused-ring (bicyclic) bond motifs is 3. The molecule has 0 fully saturated rings. The lowest BCUT2D eigenvalue weighted by atomic mass is 9.97. The van der Waals surface area contributed by atoms with Crippen molar-refractivity contribution in [1.29, 1.82) is 0 Å². The van der Waals surface area contributed by atoms with Crippen molar-refractivity contribution in [3.8, 4) is 11.1 Å². The van der Waals surface area contributed by atoms with Gasteiger partial charge in [-0.15, -0.1) is 0 Å². The molecular weight excluding hydrogens is 372 g/mol. The molecule has 1 aliphatic rings. The summed E-state index contributed by atoms with van der Waals surface area (Å²) >= 11 is 0. The molecule has 0 spiro atoms. The Labute approximate surface area is 155 Å². The third-order valence-corrected chi connectivity index (χ3v) is 7.64. The molecule has 0 saturated heterocycles. The fourth-order valence-electron chi connectivity index (χ4n) is 3.03. The monoisotopic (exact) mass is 394 g/mol. The molecule has 1 heterocycles. The molecule has 0 amide bonds. The molecule has 2 aromatic rings. The number of hydrogen-bond acceptors (Lipinski definition) is 4. The van der Waals surface area contributed by atoms with Gasteiger partial charge in [0, 0.05) is 19.6 Å². The van der Waals surface area contributed by atoms with E-state index in [0.717, 1.165) is 22.3 Å². The first-order valence-electron chi connectivity index (χ1n) is 8.44. The molecular formula is C18H22N2O4S2. The highest BCUT2D eigenvalue weighted by molar-refractivity contribution is 7.90. The van der Waals surface area contributed by atoms with Crippen molar-refractivity contribution >= 4 is 20.0 Å². The van der Waals surface area contributed by atoms with E-state index in [1.165, 1.54) is 11.2 Å². The Morgan fingerprint density at radius 3 is 1.88 bits per heavy atom. The van der Waals surface area contributed by atoms with Gasteiger partial charge in [0.05, 0.1) is 11.5 Å². The molecule has 2 aromatic carbocycles. The van der Waals surface area contributed by atoms with Gasteiger partial charge in [-0.2, -0.15) is 4.31 Å². The van der Waals surface area contributed by atoms with Gasteiger partial charge < -0.3 is 0 Å². The second-order valence-corrected chi connectivity index (χ2v) is 10.4. The van der Waals surface area contributed by atoms with Gasteiger partial charge in [-0.25, -0.2) is 21.6 Å². The van der Waals surface area contributed by atoms with Crippen molar-refractivity contribution in [1.82, 2.24) is 9.03 Å². The van der Waals surface area contributed by atoms with Crippen LogP contribution in [0.25, 0.3) is 11.1 Å². The summed E-state index contributed by atoms with van der Waals surface area (Å²) in [5.74, 6) is -0.339. The van der Waals surface area contributed by atoms with Crippen molar-refractivity contribution < 1.29 is 16.8 Å². The van der Waals surface area contributed by atoms with Gasteiger partial charge in [-0.1, -0.05) is 48.5 Å². The number of nitrogens with one attached hydrogen (secondary N) is 1. The molecule has 1 N–H and O–H groups in total. The van der Waals surface area contributed by atoms with Crippen LogP contribution in [0.4, 0.5) is 0 Å². The molecule has 0 unspecified atom stereocenters. The highest BCUT2D eigenvalue weighted by atomic mass is 32.2. The Morgan fingerprint density at radius 1 is 0.885 bits per heavy atom. The average Bonchev–Trinajstić information content (AvgIpc) is 2.79. The Balaban J connectivity index is 1.88. The predicted molar refractivity (Wildman–Crippen MR) is 102 cm³/mol. The lowest BCUT2D eigenvalue weighted by Crippen LogP contribution is -2.37. The van der Waals surface area contributed by atoms with E-state index in [4.69, 9.17) is 0 Å². The molecule has 6 nitrogen and oxygen atoms in total. The minimum Gasteiger partial charge on any atom is -0.214 e. The summed E-state index contributed by atoms with van der Waals surface area (Å²) in [4.78, 5) is 0. The fourth-order valence-corrected chi connectivity index (χ4v) is 5.07. The summed E-state index contributed by atoms with van der Waals surface area (Å²) < 4.78 is 52.4. The molecule has 0 bridgehead atoms. The normalized spacial score (nSPS) is 15.1.